The van der Waals surface area contributed by atoms with Crippen molar-refractivity contribution in [2.45, 2.75) is 25.1 Å². The zero-order chi connectivity index (χ0) is 13.4. The van der Waals surface area contributed by atoms with Crippen molar-refractivity contribution in [2.75, 3.05) is 5.75 Å². The van der Waals surface area contributed by atoms with Crippen molar-refractivity contribution in [1.29, 1.82) is 0 Å². The maximum Gasteiger partial charge on any atom is 0.213 e. The van der Waals surface area contributed by atoms with Crippen LogP contribution in [0.4, 0.5) is 0 Å². The van der Waals surface area contributed by atoms with E-state index in [1.165, 1.54) is 16.7 Å². The molecule has 5 heteroatoms. The number of imidazole rings is 1. The molecule has 0 radical (unpaired) electrons. The summed E-state index contributed by atoms with van der Waals surface area (Å²) in [7, 11) is 0. The Morgan fingerprint density at radius 2 is 2.16 bits per heavy atom. The van der Waals surface area contributed by atoms with Crippen molar-refractivity contribution in [3.63, 3.8) is 0 Å². The molecule has 2 aromatic heterocycles. The molecular formula is C14H15N3S2. The van der Waals surface area contributed by atoms with Crippen LogP contribution in [0.1, 0.15) is 18.1 Å². The van der Waals surface area contributed by atoms with Crippen LogP contribution in [0.3, 0.4) is 0 Å². The normalized spacial score (nSPS) is 11.3. The Balaban J connectivity index is 2.05. The zero-order valence-corrected chi connectivity index (χ0v) is 12.8. The van der Waals surface area contributed by atoms with Crippen LogP contribution >= 0.6 is 23.1 Å². The second-order valence-electron chi connectivity index (χ2n) is 4.47. The van der Waals surface area contributed by atoms with E-state index in [2.05, 4.69) is 44.1 Å². The number of thioether (sulfide) groups is 1. The SMILES string of the molecule is CCSc1nn2cc(-c3cc(C)ccc3C)nc2s1. The summed E-state index contributed by atoms with van der Waals surface area (Å²) in [5.74, 6) is 1.04. The summed E-state index contributed by atoms with van der Waals surface area (Å²) < 4.78 is 2.97. The van der Waals surface area contributed by atoms with Gasteiger partial charge in [0, 0.05) is 5.56 Å². The van der Waals surface area contributed by atoms with Gasteiger partial charge in [0.15, 0.2) is 4.34 Å². The van der Waals surface area contributed by atoms with Gasteiger partial charge >= 0.3 is 0 Å². The first-order chi connectivity index (χ1) is 9.17. The predicted molar refractivity (Wildman–Crippen MR) is 82.2 cm³/mol. The molecule has 0 spiro atoms. The van der Waals surface area contributed by atoms with Gasteiger partial charge < -0.3 is 0 Å². The maximum absolute atomic E-state index is 4.69. The number of aryl methyl sites for hydroxylation is 2. The Hall–Kier alpha value is -1.33. The second kappa shape index (κ2) is 4.98. The van der Waals surface area contributed by atoms with E-state index >= 15 is 0 Å². The number of aromatic nitrogens is 3. The topological polar surface area (TPSA) is 30.2 Å². The molecule has 0 amide bonds. The van der Waals surface area contributed by atoms with Crippen LogP contribution in [0, 0.1) is 13.8 Å². The van der Waals surface area contributed by atoms with E-state index in [0.717, 1.165) is 20.7 Å². The Bertz CT molecular complexity index is 696. The van der Waals surface area contributed by atoms with E-state index in [4.69, 9.17) is 4.98 Å². The van der Waals surface area contributed by atoms with Crippen LogP contribution in [0.25, 0.3) is 16.2 Å². The number of hydrogen-bond acceptors (Lipinski definition) is 4. The van der Waals surface area contributed by atoms with E-state index in [1.54, 1.807) is 23.1 Å². The molecular weight excluding hydrogens is 274 g/mol. The highest BCUT2D eigenvalue weighted by Gasteiger charge is 2.11. The number of hydrogen-bond donors (Lipinski definition) is 0. The first-order valence-electron chi connectivity index (χ1n) is 6.24. The molecule has 3 aromatic rings. The molecule has 1 aromatic carbocycles. The van der Waals surface area contributed by atoms with Crippen LogP contribution in [0.5, 0.6) is 0 Å². The van der Waals surface area contributed by atoms with Gasteiger partial charge in [0.05, 0.1) is 11.9 Å². The lowest BCUT2D eigenvalue weighted by Crippen LogP contribution is -1.85. The largest absolute Gasteiger partial charge is 0.217 e. The van der Waals surface area contributed by atoms with Gasteiger partial charge in [0.2, 0.25) is 4.96 Å². The fourth-order valence-electron chi connectivity index (χ4n) is 2.01. The van der Waals surface area contributed by atoms with Crippen LogP contribution in [-0.2, 0) is 0 Å². The summed E-state index contributed by atoms with van der Waals surface area (Å²) in [4.78, 5) is 5.66. The highest BCUT2D eigenvalue weighted by Crippen LogP contribution is 2.28. The molecule has 0 aliphatic carbocycles. The van der Waals surface area contributed by atoms with Gasteiger partial charge in [0.1, 0.15) is 0 Å². The summed E-state index contributed by atoms with van der Waals surface area (Å²) in [6.45, 7) is 6.36. The molecule has 0 saturated heterocycles. The Morgan fingerprint density at radius 1 is 1.32 bits per heavy atom. The summed E-state index contributed by atoms with van der Waals surface area (Å²) >= 11 is 3.41. The van der Waals surface area contributed by atoms with Gasteiger partial charge in [-0.2, -0.15) is 0 Å². The maximum atomic E-state index is 4.69. The van der Waals surface area contributed by atoms with Crippen molar-refractivity contribution in [3.05, 3.63) is 35.5 Å². The van der Waals surface area contributed by atoms with Gasteiger partial charge in [-0.25, -0.2) is 9.50 Å². The van der Waals surface area contributed by atoms with Crippen molar-refractivity contribution >= 4 is 28.1 Å². The first-order valence-corrected chi connectivity index (χ1v) is 8.04. The average molecular weight is 289 g/mol. The van der Waals surface area contributed by atoms with Gasteiger partial charge in [0.25, 0.3) is 0 Å². The standard InChI is InChI=1S/C14H15N3S2/c1-4-18-14-16-17-8-12(15-13(17)19-14)11-7-9(2)5-6-10(11)3/h5-8H,4H2,1-3H3. The predicted octanol–water partition coefficient (Wildman–Crippen LogP) is 4.19. The van der Waals surface area contributed by atoms with Crippen LogP contribution < -0.4 is 0 Å². The molecule has 19 heavy (non-hydrogen) atoms. The first kappa shape index (κ1) is 12.7. The molecule has 0 aliphatic rings. The van der Waals surface area contributed by atoms with Crippen molar-refractivity contribution in [3.8, 4) is 11.3 Å². The minimum Gasteiger partial charge on any atom is -0.217 e. The van der Waals surface area contributed by atoms with Gasteiger partial charge in [-0.05, 0) is 31.2 Å². The molecule has 0 bridgehead atoms. The van der Waals surface area contributed by atoms with Gasteiger partial charge in [-0.3, -0.25) is 0 Å². The Morgan fingerprint density at radius 3 is 2.89 bits per heavy atom. The molecule has 2 heterocycles. The summed E-state index contributed by atoms with van der Waals surface area (Å²) in [5.41, 5.74) is 4.71. The van der Waals surface area contributed by atoms with Crippen LogP contribution in [0.2, 0.25) is 0 Å². The summed E-state index contributed by atoms with van der Waals surface area (Å²) in [5, 5.41) is 4.54. The molecule has 0 atom stereocenters. The molecule has 3 nitrogen and oxygen atoms in total. The monoisotopic (exact) mass is 289 g/mol. The molecule has 0 N–H and O–H groups in total. The van der Waals surface area contributed by atoms with Gasteiger partial charge in [-0.1, -0.05) is 47.7 Å². The molecule has 0 unspecified atom stereocenters. The summed E-state index contributed by atoms with van der Waals surface area (Å²) in [6, 6.07) is 6.46. The molecule has 0 aliphatic heterocycles. The quantitative estimate of drug-likeness (QED) is 0.677. The third-order valence-electron chi connectivity index (χ3n) is 2.96. The fourth-order valence-corrected chi connectivity index (χ4v) is 3.83. The molecule has 0 fully saturated rings. The van der Waals surface area contributed by atoms with Crippen LogP contribution in [-0.4, -0.2) is 20.4 Å². The lowest BCUT2D eigenvalue weighted by molar-refractivity contribution is 0.915. The third-order valence-corrected chi connectivity index (χ3v) is 4.90. The lowest BCUT2D eigenvalue weighted by Gasteiger charge is -2.03. The van der Waals surface area contributed by atoms with E-state index < -0.39 is 0 Å². The van der Waals surface area contributed by atoms with Crippen molar-refractivity contribution in [2.24, 2.45) is 0 Å². The molecule has 98 valence electrons. The number of rotatable bonds is 3. The van der Waals surface area contributed by atoms with E-state index in [0.29, 0.717) is 0 Å². The average Bonchev–Trinajstić information content (AvgIpc) is 2.90. The zero-order valence-electron chi connectivity index (χ0n) is 11.2. The fraction of sp³-hybridized carbons (Fsp3) is 0.286. The number of nitrogens with zero attached hydrogens (tertiary/aromatic N) is 3. The van der Waals surface area contributed by atoms with E-state index in [1.807, 2.05) is 10.7 Å². The highest BCUT2D eigenvalue weighted by molar-refractivity contribution is 8.01. The van der Waals surface area contributed by atoms with Crippen molar-refractivity contribution in [1.82, 2.24) is 14.6 Å². The van der Waals surface area contributed by atoms with E-state index in [-0.39, 0.29) is 0 Å². The van der Waals surface area contributed by atoms with Gasteiger partial charge in [-0.15, -0.1) is 5.10 Å². The Labute approximate surface area is 120 Å². The summed E-state index contributed by atoms with van der Waals surface area (Å²) in [6.07, 6.45) is 2.02. The highest BCUT2D eigenvalue weighted by atomic mass is 32.2. The lowest BCUT2D eigenvalue weighted by atomic mass is 10.0. The second-order valence-corrected chi connectivity index (χ2v) is 6.94. The smallest absolute Gasteiger partial charge is 0.213 e. The van der Waals surface area contributed by atoms with E-state index in [9.17, 15) is 0 Å². The Kier molecular flexibility index (Phi) is 3.33. The minimum atomic E-state index is 0.965. The van der Waals surface area contributed by atoms with Crippen molar-refractivity contribution < 1.29 is 0 Å². The molecule has 0 saturated carbocycles. The third kappa shape index (κ3) is 2.40. The van der Waals surface area contributed by atoms with Crippen LogP contribution in [0.15, 0.2) is 28.7 Å². The number of fused-ring (bicyclic) bond motifs is 1. The molecule has 3 rings (SSSR count). The minimum absolute atomic E-state index is 0.965. The number of benzene rings is 1.